The topological polar surface area (TPSA) is 220 Å². The van der Waals surface area contributed by atoms with E-state index in [1.54, 1.807) is 24.3 Å². The van der Waals surface area contributed by atoms with Gasteiger partial charge in [-0.3, -0.25) is 0 Å². The van der Waals surface area contributed by atoms with Gasteiger partial charge in [0.1, 0.15) is 33.5 Å². The Bertz CT molecular complexity index is 1920. The van der Waals surface area contributed by atoms with Gasteiger partial charge in [0.15, 0.2) is 0 Å². The number of ether oxygens (including phenoxy) is 4. The molecule has 0 heterocycles. The summed E-state index contributed by atoms with van der Waals surface area (Å²) in [6.45, 7) is 6.23. The molecule has 0 saturated carbocycles. The van der Waals surface area contributed by atoms with Crippen molar-refractivity contribution in [3.05, 3.63) is 70.8 Å². The maximum Gasteiger partial charge on any atom is 2.00 e. The minimum Gasteiger partial charge on any atom is -0.748 e. The first kappa shape index (κ1) is 74.4. The summed E-state index contributed by atoms with van der Waals surface area (Å²) in [6.07, 6.45) is 43.4. The second kappa shape index (κ2) is 48.1. The molecule has 17 heteroatoms. The first-order valence-electron chi connectivity index (χ1n) is 29.3. The van der Waals surface area contributed by atoms with Gasteiger partial charge in [-0.15, -0.1) is 0 Å². The van der Waals surface area contributed by atoms with E-state index in [0.717, 1.165) is 52.4 Å². The monoisotopic (exact) mass is 1150 g/mol. The largest absolute Gasteiger partial charge is 2.00 e. The molecule has 2 atom stereocenters. The molecular formula is C60H98CaO14S2. The molecule has 436 valence electrons. The van der Waals surface area contributed by atoms with Gasteiger partial charge in [-0.05, 0) is 51.0 Å². The van der Waals surface area contributed by atoms with Gasteiger partial charge >= 0.3 is 61.6 Å². The third kappa shape index (κ3) is 39.4. The third-order valence-corrected chi connectivity index (χ3v) is 15.8. The number of carbonyl (C=O) groups is 4. The van der Waals surface area contributed by atoms with Crippen molar-refractivity contribution in [2.75, 3.05) is 26.4 Å². The predicted molar refractivity (Wildman–Crippen MR) is 306 cm³/mol. The van der Waals surface area contributed by atoms with Crippen molar-refractivity contribution in [3.8, 4) is 0 Å². The molecule has 0 aromatic heterocycles. The summed E-state index contributed by atoms with van der Waals surface area (Å²) in [4.78, 5) is 49.6. The Morgan fingerprint density at radius 1 is 0.351 bits per heavy atom. The van der Waals surface area contributed by atoms with Crippen LogP contribution >= 0.6 is 0 Å². The van der Waals surface area contributed by atoms with Crippen molar-refractivity contribution in [2.45, 2.75) is 257 Å². The predicted octanol–water partition coefficient (Wildman–Crippen LogP) is 14.8. The normalized spacial score (nSPS) is 12.1. The number of benzene rings is 2. The van der Waals surface area contributed by atoms with E-state index in [1.807, 2.05) is 0 Å². The minimum atomic E-state index is -4.56. The van der Waals surface area contributed by atoms with E-state index in [2.05, 4.69) is 13.8 Å². The van der Waals surface area contributed by atoms with Crippen LogP contribution in [0.1, 0.15) is 287 Å². The summed E-state index contributed by atoms with van der Waals surface area (Å²) in [5, 5.41) is -2.74. The van der Waals surface area contributed by atoms with Crippen molar-refractivity contribution < 1.29 is 64.1 Å². The quantitative estimate of drug-likeness (QED) is 0.0198. The Morgan fingerprint density at radius 2 is 0.532 bits per heavy atom. The average Bonchev–Trinajstić information content (AvgIpc) is 3.40. The fourth-order valence-electron chi connectivity index (χ4n) is 8.53. The van der Waals surface area contributed by atoms with E-state index in [1.165, 1.54) is 204 Å². The number of hydrogen-bond donors (Lipinski definition) is 0. The fourth-order valence-corrected chi connectivity index (χ4v) is 9.00. The van der Waals surface area contributed by atoms with Crippen LogP contribution in [0.15, 0.2) is 48.5 Å². The van der Waals surface area contributed by atoms with Crippen LogP contribution in [0.4, 0.5) is 0 Å². The number of hydrogen-bond acceptors (Lipinski definition) is 14. The third-order valence-electron chi connectivity index (χ3n) is 13.6. The van der Waals surface area contributed by atoms with Crippen LogP contribution in [0.3, 0.4) is 0 Å². The molecule has 0 saturated heterocycles. The van der Waals surface area contributed by atoms with Gasteiger partial charge in [0.2, 0.25) is 0 Å². The first-order chi connectivity index (χ1) is 36.5. The van der Waals surface area contributed by atoms with E-state index in [9.17, 15) is 45.1 Å². The Morgan fingerprint density at radius 3 is 0.727 bits per heavy atom. The molecule has 0 aliphatic heterocycles. The molecule has 0 fully saturated rings. The molecule has 0 spiro atoms. The Kier molecular flexibility index (Phi) is 46.5. The van der Waals surface area contributed by atoms with Crippen molar-refractivity contribution in [3.63, 3.8) is 0 Å². The van der Waals surface area contributed by atoms with Gasteiger partial charge in [0.05, 0.1) is 46.0 Å². The summed E-state index contributed by atoms with van der Waals surface area (Å²) >= 11 is 0. The second-order valence-electron chi connectivity index (χ2n) is 20.5. The molecule has 0 aliphatic carbocycles. The molecule has 0 radical (unpaired) electrons. The average molecular weight is 1150 g/mol. The molecule has 14 nitrogen and oxygen atoms in total. The number of rotatable bonds is 46. The summed E-state index contributed by atoms with van der Waals surface area (Å²) in [7, 11) is -9.12. The van der Waals surface area contributed by atoms with Crippen LogP contribution in [0.25, 0.3) is 0 Å². The van der Waals surface area contributed by atoms with Crippen LogP contribution in [0.2, 0.25) is 0 Å². The maximum atomic E-state index is 12.5. The number of unbranched alkanes of at least 4 members (excludes halogenated alkanes) is 32. The van der Waals surface area contributed by atoms with E-state index in [-0.39, 0.29) is 73.2 Å². The molecule has 0 bridgehead atoms. The van der Waals surface area contributed by atoms with Crippen LogP contribution in [0, 0.1) is 0 Å². The molecule has 0 N–H and O–H groups in total. The van der Waals surface area contributed by atoms with Crippen LogP contribution in [-0.4, -0.2) is 124 Å². The molecule has 0 amide bonds. The van der Waals surface area contributed by atoms with E-state index in [4.69, 9.17) is 18.9 Å². The Balaban J connectivity index is 0.00000148. The molecule has 2 aromatic rings. The number of esters is 4. The zero-order valence-corrected chi connectivity index (χ0v) is 51.7. The maximum absolute atomic E-state index is 12.5. The van der Waals surface area contributed by atoms with Crippen molar-refractivity contribution in [1.29, 1.82) is 0 Å². The number of carbonyl (C=O) groups excluding carboxylic acids is 4. The molecule has 2 unspecified atom stereocenters. The summed E-state index contributed by atoms with van der Waals surface area (Å²) in [6, 6.07) is 12.1. The van der Waals surface area contributed by atoms with Gasteiger partial charge in [-0.1, -0.05) is 244 Å². The van der Waals surface area contributed by atoms with Crippen LogP contribution in [0.5, 0.6) is 0 Å². The second-order valence-corrected chi connectivity index (χ2v) is 24.1. The molecule has 2 aromatic carbocycles. The van der Waals surface area contributed by atoms with Gasteiger partial charge in [0.25, 0.3) is 0 Å². The first-order valence-corrected chi connectivity index (χ1v) is 32.2. The van der Waals surface area contributed by atoms with Gasteiger partial charge in [-0.2, -0.15) is 0 Å². The molecule has 0 aliphatic rings. The standard InChI is InChI=1S/2C30H50O7S.Ca/c2*1-3-4-5-6-7-8-9-10-11-12-13-14-15-16-17-18-21-24-36-29(31)27-22-19-20-23-28(27)30(32)37-25-26(2)38(33,34)35;/h2*19-20,22-23,26H,3-18,21,24-25H2,1-2H3,(H,33,34,35);/q;;+2/p-2. The SMILES string of the molecule is CCCCCCCCCCCCCCCCCCCOC(=O)c1ccccc1C(=O)OCC(C)S(=O)(=O)[O-].CCCCCCCCCCCCCCCCCCCOC(=O)c1ccccc1C(=O)OCC(C)S(=O)(=O)[O-].[Ca+2]. The van der Waals surface area contributed by atoms with E-state index >= 15 is 0 Å². The van der Waals surface area contributed by atoms with Gasteiger partial charge in [0, 0.05) is 0 Å². The Labute approximate surface area is 495 Å². The minimum absolute atomic E-state index is 0. The van der Waals surface area contributed by atoms with Gasteiger partial charge in [-0.25, -0.2) is 36.0 Å². The van der Waals surface area contributed by atoms with Crippen LogP contribution in [-0.2, 0) is 39.2 Å². The zero-order chi connectivity index (χ0) is 56.1. The zero-order valence-electron chi connectivity index (χ0n) is 47.9. The smallest absolute Gasteiger partial charge is 0.748 e. The molecule has 77 heavy (non-hydrogen) atoms. The van der Waals surface area contributed by atoms with Crippen LogP contribution < -0.4 is 0 Å². The van der Waals surface area contributed by atoms with Crippen molar-refractivity contribution in [2.24, 2.45) is 0 Å². The Hall–Kier alpha value is -2.60. The summed E-state index contributed by atoms with van der Waals surface area (Å²) in [5.74, 6) is -2.99. The van der Waals surface area contributed by atoms with Gasteiger partial charge < -0.3 is 28.1 Å². The van der Waals surface area contributed by atoms with Crippen molar-refractivity contribution >= 4 is 81.9 Å². The van der Waals surface area contributed by atoms with E-state index in [0.29, 0.717) is 0 Å². The van der Waals surface area contributed by atoms with E-state index < -0.39 is 67.8 Å². The summed E-state index contributed by atoms with van der Waals surface area (Å²) < 4.78 is 86.4. The fraction of sp³-hybridized carbons (Fsp3) is 0.733. The van der Waals surface area contributed by atoms with Crippen molar-refractivity contribution in [1.82, 2.24) is 0 Å². The summed E-state index contributed by atoms with van der Waals surface area (Å²) in [5.41, 5.74) is 0.0787. The molecule has 2 rings (SSSR count). The molecular weight excluding hydrogens is 1050 g/mol.